The maximum Gasteiger partial charge on any atom is 4.00 e. The van der Waals surface area contributed by atoms with E-state index in [2.05, 4.69) is 27.7 Å². The van der Waals surface area contributed by atoms with Gasteiger partial charge in [0.15, 0.2) is 0 Å². The van der Waals surface area contributed by atoms with Crippen molar-refractivity contribution in [1.29, 1.82) is 0 Å². The fourth-order valence-electron chi connectivity index (χ4n) is 6.16. The quantitative estimate of drug-likeness (QED) is 0.282. The van der Waals surface area contributed by atoms with Crippen molar-refractivity contribution >= 4 is 36.2 Å². The number of carboxylic acid groups (broad SMARTS) is 2. The van der Waals surface area contributed by atoms with Crippen molar-refractivity contribution in [2.75, 3.05) is 0 Å². The fraction of sp³-hybridized carbons (Fsp3) is 0.353. The Morgan fingerprint density at radius 1 is 0.535 bits per heavy atom. The summed E-state index contributed by atoms with van der Waals surface area (Å²) in [6.07, 6.45) is 10.0. The molecule has 1 aliphatic rings. The first-order chi connectivity index (χ1) is 20.0. The van der Waals surface area contributed by atoms with E-state index < -0.39 is 11.9 Å². The molecule has 0 aromatic carbocycles. The largest absolute Gasteiger partial charge is 4.00 e. The number of carbonyl (C=O) groups is 2. The van der Waals surface area contributed by atoms with Crippen LogP contribution in [-0.2, 0) is 52.3 Å². The van der Waals surface area contributed by atoms with E-state index in [1.807, 2.05) is 38.2 Å². The van der Waals surface area contributed by atoms with Crippen molar-refractivity contribution in [3.63, 3.8) is 0 Å². The predicted molar refractivity (Wildman–Crippen MR) is 160 cm³/mol. The molecule has 0 amide bonds. The van der Waals surface area contributed by atoms with E-state index >= 15 is 0 Å². The number of aliphatic carboxylic acids is 2. The van der Waals surface area contributed by atoms with Crippen LogP contribution in [0, 0.1) is 49.1 Å². The molecule has 0 unspecified atom stereocenters. The summed E-state index contributed by atoms with van der Waals surface area (Å²) in [6, 6.07) is 0. The minimum Gasteiger partial charge on any atom is -0.658 e. The van der Waals surface area contributed by atoms with Crippen molar-refractivity contribution < 1.29 is 36.9 Å². The summed E-state index contributed by atoms with van der Waals surface area (Å²) in [5, 5.41) is 25.2. The first kappa shape index (κ1) is 32.0. The van der Waals surface area contributed by atoms with E-state index in [-0.39, 0.29) is 29.9 Å². The number of nitrogens with zero attached hydrogens (tertiary/aromatic N) is 4. The monoisotopic (exact) mass is 620 g/mol. The Morgan fingerprint density at radius 3 is 1.19 bits per heavy atom. The Balaban J connectivity index is 0.00000423. The maximum absolute atomic E-state index is 11.6. The van der Waals surface area contributed by atoms with Gasteiger partial charge in [-0.1, -0.05) is 82.7 Å². The molecule has 2 N–H and O–H groups in total. The van der Waals surface area contributed by atoms with Crippen molar-refractivity contribution in [2.45, 2.75) is 80.1 Å². The molecule has 5 heterocycles. The molecule has 0 aliphatic carbocycles. The third-order valence-electron chi connectivity index (χ3n) is 8.54. The van der Waals surface area contributed by atoms with E-state index in [4.69, 9.17) is 19.9 Å². The summed E-state index contributed by atoms with van der Waals surface area (Å²) >= 11 is 0. The first-order valence-electron chi connectivity index (χ1n) is 14.5. The molecular weight excluding hydrogens is 584 g/mol. The van der Waals surface area contributed by atoms with E-state index in [0.29, 0.717) is 23.5 Å². The molecule has 0 saturated heterocycles. The van der Waals surface area contributed by atoms with Gasteiger partial charge < -0.3 is 30.1 Å². The zero-order valence-electron chi connectivity index (χ0n) is 25.4. The van der Waals surface area contributed by atoms with Gasteiger partial charge in [-0.3, -0.25) is 9.59 Å². The molecule has 0 spiro atoms. The normalized spacial score (nSPS) is 16.9. The van der Waals surface area contributed by atoms with E-state index in [9.17, 15) is 19.8 Å². The van der Waals surface area contributed by atoms with Crippen LogP contribution in [0.2, 0.25) is 0 Å². The van der Waals surface area contributed by atoms with Crippen molar-refractivity contribution in [3.05, 3.63) is 87.3 Å². The van der Waals surface area contributed by atoms with Gasteiger partial charge in [0.25, 0.3) is 0 Å². The van der Waals surface area contributed by atoms with Gasteiger partial charge in [-0.15, -0.1) is 42.8 Å². The summed E-state index contributed by atoms with van der Waals surface area (Å²) < 4.78 is 0. The summed E-state index contributed by atoms with van der Waals surface area (Å²) in [7, 11) is 0. The van der Waals surface area contributed by atoms with Gasteiger partial charge in [-0.2, -0.15) is 0 Å². The molecule has 4 aromatic rings. The number of carboxylic acids is 2. The van der Waals surface area contributed by atoms with Gasteiger partial charge in [0.1, 0.15) is 0 Å². The molecule has 0 saturated carbocycles. The molecule has 4 aromatic heterocycles. The second-order valence-corrected chi connectivity index (χ2v) is 11.0. The van der Waals surface area contributed by atoms with E-state index in [1.54, 1.807) is 0 Å². The van der Waals surface area contributed by atoms with Crippen molar-refractivity contribution in [1.82, 2.24) is 19.9 Å². The average molecular weight is 621 g/mol. The van der Waals surface area contributed by atoms with E-state index in [0.717, 1.165) is 89.4 Å². The van der Waals surface area contributed by atoms with E-state index in [1.165, 1.54) is 0 Å². The van der Waals surface area contributed by atoms with Crippen LogP contribution in [0.3, 0.4) is 0 Å². The zero-order chi connectivity index (χ0) is 30.3. The van der Waals surface area contributed by atoms with Gasteiger partial charge in [0.05, 0.1) is 0 Å². The molecule has 8 bridgehead atoms. The Labute approximate surface area is 259 Å². The molecule has 9 heteroatoms. The predicted octanol–water partition coefficient (Wildman–Crippen LogP) is 1.32. The molecule has 0 radical (unpaired) electrons. The molecule has 0 fully saturated rings. The third-order valence-corrected chi connectivity index (χ3v) is 8.54. The molecule has 224 valence electrons. The molecule has 5 rings (SSSR count). The number of hydrogen-bond acceptors (Lipinski definition) is 2. The molecule has 8 nitrogen and oxygen atoms in total. The van der Waals surface area contributed by atoms with Gasteiger partial charge in [-0.05, 0) is 53.4 Å². The van der Waals surface area contributed by atoms with Crippen LogP contribution in [0.5, 0.6) is 0 Å². The average Bonchev–Trinajstić information content (AvgIpc) is 3.63. The number of rotatable bonds is 8. The van der Waals surface area contributed by atoms with Crippen LogP contribution in [0.1, 0.15) is 71.2 Å². The first-order valence-corrected chi connectivity index (χ1v) is 14.5. The fourth-order valence-corrected chi connectivity index (χ4v) is 6.16. The van der Waals surface area contributed by atoms with Crippen LogP contribution in [0.15, 0.2) is 0 Å². The standard InChI is InChI=1S/C34H36N4O4.Fe/c1-7-21-19(5)31-32-20(6)22(8-2)28(38-32)14-12-26-18(4)24(10-16-30(41)42)34(36-26)33-23(9-15-29(39)40)17(3)25(35-33)11-13-27(21)37-31;/h11-14H,7-10,15-16H2,1-6H3,(H,39,40)(H,41,42);/q-4;+4/b13-11?,14-12?,25-11-,26-12-,27-13-,28-14-,32-31-,34-33-;. The van der Waals surface area contributed by atoms with Gasteiger partial charge >= 0.3 is 29.0 Å². The smallest absolute Gasteiger partial charge is 0.658 e. The van der Waals surface area contributed by atoms with Gasteiger partial charge in [-0.25, -0.2) is 0 Å². The Morgan fingerprint density at radius 2 is 0.860 bits per heavy atom. The number of hydrogen-bond donors (Lipinski definition) is 2. The molecule has 43 heavy (non-hydrogen) atoms. The van der Waals surface area contributed by atoms with Crippen LogP contribution in [0.4, 0.5) is 0 Å². The summed E-state index contributed by atoms with van der Waals surface area (Å²) in [5.74, 6) is -1.78. The van der Waals surface area contributed by atoms with Crippen LogP contribution >= 0.6 is 0 Å². The maximum atomic E-state index is 11.6. The van der Waals surface area contributed by atoms with Crippen molar-refractivity contribution in [3.8, 4) is 0 Å². The second-order valence-electron chi connectivity index (χ2n) is 11.0. The number of aromatic nitrogens is 4. The van der Waals surface area contributed by atoms with Crippen molar-refractivity contribution in [2.24, 2.45) is 0 Å². The molecular formula is C34H36FeN4O4. The Hall–Kier alpha value is -3.94. The third kappa shape index (κ3) is 5.84. The minimum absolute atomic E-state index is 0. The topological polar surface area (TPSA) is 131 Å². The number of fused-ring (bicyclic) bond motifs is 8. The van der Waals surface area contributed by atoms with Crippen LogP contribution < -0.4 is 41.3 Å². The Kier molecular flexibility index (Phi) is 9.47. The van der Waals surface area contributed by atoms with Gasteiger partial charge in [0, 0.05) is 12.8 Å². The SMILES string of the molecule is CCc1c(C)/c2[n-]/c1=C\C=c1/[n-]/c(c(CCC(=O)O)c1C)=c1\[n-]/c(c(C)c1CCC(=O)O)=C\C=c1/[n-]\c=2c(C)c1CC.[Fe+4]. The molecule has 0 atom stereocenters. The van der Waals surface area contributed by atoms with Crippen LogP contribution in [0.25, 0.3) is 24.3 Å². The molecule has 1 aliphatic heterocycles. The Bertz CT molecular complexity index is 2020. The summed E-state index contributed by atoms with van der Waals surface area (Å²) in [4.78, 5) is 43.3. The minimum atomic E-state index is -0.890. The van der Waals surface area contributed by atoms with Crippen LogP contribution in [-0.4, -0.2) is 22.2 Å². The summed E-state index contributed by atoms with van der Waals surface area (Å²) in [6.45, 7) is 12.4. The second kappa shape index (κ2) is 12.7. The summed E-state index contributed by atoms with van der Waals surface area (Å²) in [5.41, 5.74) is 7.98. The van der Waals surface area contributed by atoms with Gasteiger partial charge in [0.2, 0.25) is 0 Å². The zero-order valence-corrected chi connectivity index (χ0v) is 26.5.